The summed E-state index contributed by atoms with van der Waals surface area (Å²) in [6.07, 6.45) is 15.4. The SMILES string of the molecule is CCCC1=CC(C)(CCC)C(C2=CC=CC2)=C2[C]([Zr+2]=[C](c3ccccc3)c3ccccc3)=c3cc(C)ccc3=C12.[Cl-].[Cl-]. The third-order valence-electron chi connectivity index (χ3n) is 8.60. The van der Waals surface area contributed by atoms with Crippen LogP contribution in [0.5, 0.6) is 0 Å². The van der Waals surface area contributed by atoms with Crippen molar-refractivity contribution in [2.24, 2.45) is 5.41 Å². The molecule has 1 atom stereocenters. The smallest absolute Gasteiger partial charge is 1.00 e. The van der Waals surface area contributed by atoms with E-state index in [1.54, 1.807) is 28.8 Å². The zero-order chi connectivity index (χ0) is 27.7. The number of fused-ring (bicyclic) bond motifs is 2. The summed E-state index contributed by atoms with van der Waals surface area (Å²) in [5.74, 6) is 0. The largest absolute Gasteiger partial charge is 1.00 e. The molecule has 0 aromatic heterocycles. The Morgan fingerprint density at radius 3 is 2.05 bits per heavy atom. The van der Waals surface area contributed by atoms with Crippen LogP contribution in [0.25, 0.3) is 8.85 Å². The maximum Gasteiger partial charge on any atom is -1.00 e. The van der Waals surface area contributed by atoms with Crippen molar-refractivity contribution in [3.63, 3.8) is 0 Å². The number of hydrogen-bond acceptors (Lipinski definition) is 0. The van der Waals surface area contributed by atoms with Gasteiger partial charge in [-0.05, 0) is 0 Å². The minimum Gasteiger partial charge on any atom is -1.00 e. The molecule has 3 aliphatic carbocycles. The molecular weight excluding hydrogens is 631 g/mol. The van der Waals surface area contributed by atoms with Crippen LogP contribution in [0.1, 0.15) is 69.6 Å². The zero-order valence-electron chi connectivity index (χ0n) is 25.1. The first-order valence-electron chi connectivity index (χ1n) is 15.0. The molecule has 1 unspecified atom stereocenters. The second-order valence-corrected chi connectivity index (χ2v) is 14.8. The van der Waals surface area contributed by atoms with E-state index >= 15 is 0 Å². The summed E-state index contributed by atoms with van der Waals surface area (Å²) in [6, 6.07) is 29.6. The number of hydrogen-bond donors (Lipinski definition) is 0. The van der Waals surface area contributed by atoms with Gasteiger partial charge in [0.2, 0.25) is 0 Å². The summed E-state index contributed by atoms with van der Waals surface area (Å²) in [7, 11) is 0. The van der Waals surface area contributed by atoms with Gasteiger partial charge in [-0.15, -0.1) is 0 Å². The third kappa shape index (κ3) is 6.04. The number of allylic oxidation sites excluding steroid dienone is 8. The maximum absolute atomic E-state index is 2.68. The Bertz CT molecular complexity index is 1700. The molecule has 0 amide bonds. The van der Waals surface area contributed by atoms with Crippen LogP contribution in [0.4, 0.5) is 0 Å². The maximum atomic E-state index is 2.68. The Morgan fingerprint density at radius 1 is 0.810 bits per heavy atom. The summed E-state index contributed by atoms with van der Waals surface area (Å²) in [6.45, 7) is 9.48. The van der Waals surface area contributed by atoms with Gasteiger partial charge in [0.25, 0.3) is 0 Å². The number of rotatable bonds is 8. The molecule has 0 heterocycles. The monoisotopic (exact) mass is 667 g/mol. The molecule has 213 valence electrons. The Hall–Kier alpha value is -2.31. The molecule has 42 heavy (non-hydrogen) atoms. The molecule has 0 saturated heterocycles. The van der Waals surface area contributed by atoms with Crippen molar-refractivity contribution < 1.29 is 47.6 Å². The van der Waals surface area contributed by atoms with Gasteiger partial charge in [-0.2, -0.15) is 0 Å². The van der Waals surface area contributed by atoms with Crippen LogP contribution < -0.4 is 35.3 Å². The van der Waals surface area contributed by atoms with E-state index in [9.17, 15) is 0 Å². The van der Waals surface area contributed by atoms with E-state index in [2.05, 4.69) is 131 Å². The van der Waals surface area contributed by atoms with Gasteiger partial charge in [0.1, 0.15) is 0 Å². The summed E-state index contributed by atoms with van der Waals surface area (Å²) >= 11 is -1.26. The Kier molecular flexibility index (Phi) is 10.9. The van der Waals surface area contributed by atoms with Crippen molar-refractivity contribution in [3.8, 4) is 0 Å². The molecule has 0 saturated carbocycles. The molecule has 3 heteroatoms. The van der Waals surface area contributed by atoms with E-state index in [-0.39, 0.29) is 30.2 Å². The van der Waals surface area contributed by atoms with Crippen molar-refractivity contribution in [1.29, 1.82) is 0 Å². The van der Waals surface area contributed by atoms with Gasteiger partial charge in [-0.25, -0.2) is 0 Å². The molecule has 0 N–H and O–H groups in total. The van der Waals surface area contributed by atoms with Gasteiger partial charge >= 0.3 is 253 Å². The van der Waals surface area contributed by atoms with Crippen molar-refractivity contribution in [3.05, 3.63) is 153 Å². The van der Waals surface area contributed by atoms with Crippen LogP contribution in [0.3, 0.4) is 0 Å². The molecule has 0 spiro atoms. The summed E-state index contributed by atoms with van der Waals surface area (Å²) in [4.78, 5) is 0. The van der Waals surface area contributed by atoms with Gasteiger partial charge in [-0.1, -0.05) is 0 Å². The van der Waals surface area contributed by atoms with Gasteiger partial charge in [0.05, 0.1) is 0 Å². The molecule has 3 aromatic carbocycles. The normalized spacial score (nSPS) is 18.4. The fraction of sp³-hybridized carbons (Fsp3) is 0.256. The Balaban J connectivity index is 0.00000202. The van der Waals surface area contributed by atoms with Crippen molar-refractivity contribution in [2.75, 3.05) is 0 Å². The molecule has 3 aliphatic rings. The average Bonchev–Trinajstić information content (AvgIpc) is 3.59. The van der Waals surface area contributed by atoms with Gasteiger partial charge in [-0.3, -0.25) is 0 Å². The molecule has 0 nitrogen and oxygen atoms in total. The molecule has 6 rings (SSSR count). The van der Waals surface area contributed by atoms with Crippen molar-refractivity contribution in [1.82, 2.24) is 0 Å². The molecule has 0 fully saturated rings. The van der Waals surface area contributed by atoms with E-state index in [0.29, 0.717) is 0 Å². The molecule has 0 aliphatic heterocycles. The van der Waals surface area contributed by atoms with Gasteiger partial charge < -0.3 is 24.8 Å². The van der Waals surface area contributed by atoms with E-state index in [1.807, 2.05) is 0 Å². The molecule has 0 bridgehead atoms. The Labute approximate surface area is 275 Å². The Morgan fingerprint density at radius 2 is 1.48 bits per heavy atom. The second-order valence-electron chi connectivity index (χ2n) is 11.7. The van der Waals surface area contributed by atoms with Crippen LogP contribution in [0.2, 0.25) is 0 Å². The average molecular weight is 670 g/mol. The number of halogens is 2. The molecule has 0 radical (unpaired) electrons. The summed E-state index contributed by atoms with van der Waals surface area (Å²) < 4.78 is 3.24. The first-order valence-corrected chi connectivity index (χ1v) is 17.4. The fourth-order valence-electron chi connectivity index (χ4n) is 6.99. The molecule has 3 aromatic rings. The quantitative estimate of drug-likeness (QED) is 0.346. The first-order chi connectivity index (χ1) is 19.5. The second kappa shape index (κ2) is 14.0. The first kappa shape index (κ1) is 32.6. The predicted molar refractivity (Wildman–Crippen MR) is 168 cm³/mol. The minimum absolute atomic E-state index is 0. The van der Waals surface area contributed by atoms with E-state index in [4.69, 9.17) is 0 Å². The van der Waals surface area contributed by atoms with Crippen LogP contribution in [0.15, 0.2) is 125 Å². The minimum atomic E-state index is -1.26. The number of benzene rings is 3. The van der Waals surface area contributed by atoms with Crippen molar-refractivity contribution in [2.45, 2.75) is 59.8 Å². The van der Waals surface area contributed by atoms with Crippen LogP contribution in [0, 0.1) is 12.3 Å². The summed E-state index contributed by atoms with van der Waals surface area (Å²) in [5, 5.41) is 2.98. The van der Waals surface area contributed by atoms with E-state index in [0.717, 1.165) is 12.8 Å². The van der Waals surface area contributed by atoms with Gasteiger partial charge in [0, 0.05) is 0 Å². The van der Waals surface area contributed by atoms with Crippen LogP contribution in [-0.2, 0) is 22.8 Å². The fourth-order valence-corrected chi connectivity index (χ4v) is 10.9. The van der Waals surface area contributed by atoms with E-state index < -0.39 is 22.8 Å². The number of aryl methyl sites for hydroxylation is 1. The predicted octanol–water partition coefficient (Wildman–Crippen LogP) is 2.36. The van der Waals surface area contributed by atoms with Crippen molar-refractivity contribution >= 4 is 12.1 Å². The van der Waals surface area contributed by atoms with Crippen LogP contribution >= 0.6 is 0 Å². The van der Waals surface area contributed by atoms with Gasteiger partial charge in [0.15, 0.2) is 0 Å². The topological polar surface area (TPSA) is 0 Å². The third-order valence-corrected chi connectivity index (χ3v) is 12.5. The zero-order valence-corrected chi connectivity index (χ0v) is 29.1. The summed E-state index contributed by atoms with van der Waals surface area (Å²) in [5.41, 5.74) is 12.0. The van der Waals surface area contributed by atoms with Crippen LogP contribution in [-0.4, -0.2) is 3.21 Å². The van der Waals surface area contributed by atoms with E-state index in [1.165, 1.54) is 52.0 Å². The standard InChI is InChI=1S/C26H29.C13H10.2ClH.Zr/c1-5-9-20-17-26(4,14-6-2)25(19-10-7-8-11-19)23-16-21-15-18(3)12-13-22(21)24(20)23;1-3-7-12(8-4-1)11-13-9-5-2-6-10-13;;;/h7-8,10,12-13,15,17H,5-6,9,11,14H2,1-4H3;1-10H;2*1H;/q;;;;+2/p-2. The molecular formula is C39H39Cl2Zr.